The van der Waals surface area contributed by atoms with Crippen LogP contribution >= 0.6 is 0 Å². The van der Waals surface area contributed by atoms with E-state index >= 15 is 0 Å². The Bertz CT molecular complexity index is 363. The smallest absolute Gasteiger partial charge is 0.110 e. The van der Waals surface area contributed by atoms with Gasteiger partial charge < -0.3 is 10.3 Å². The highest BCUT2D eigenvalue weighted by atomic mass is 15.0. The number of hydrogen-bond donors (Lipinski definition) is 2. The molecule has 0 saturated carbocycles. The molecule has 3 heteroatoms. The minimum absolute atomic E-state index is 0.622. The lowest BCUT2D eigenvalue weighted by molar-refractivity contribution is 0.446. The third-order valence-electron chi connectivity index (χ3n) is 4.13. The number of piperidine rings is 1. The molecule has 2 aliphatic rings. The van der Waals surface area contributed by atoms with E-state index in [1.807, 2.05) is 0 Å². The zero-order chi connectivity index (χ0) is 11.0. The van der Waals surface area contributed by atoms with Gasteiger partial charge in [0.1, 0.15) is 5.82 Å². The Kier molecular flexibility index (Phi) is 2.72. The summed E-state index contributed by atoms with van der Waals surface area (Å²) in [5, 5.41) is 3.46. The number of nitrogens with zero attached hydrogens (tertiary/aromatic N) is 1. The number of hydrogen-bond acceptors (Lipinski definition) is 2. The zero-order valence-electron chi connectivity index (χ0n) is 10.1. The van der Waals surface area contributed by atoms with Crippen molar-refractivity contribution in [1.29, 1.82) is 0 Å². The molecular weight excluding hydrogens is 198 g/mol. The highest BCUT2D eigenvalue weighted by Crippen LogP contribution is 2.35. The summed E-state index contributed by atoms with van der Waals surface area (Å²) in [5.41, 5.74) is 2.80. The van der Waals surface area contributed by atoms with Gasteiger partial charge in [-0.2, -0.15) is 0 Å². The van der Waals surface area contributed by atoms with Gasteiger partial charge in [-0.05, 0) is 38.6 Å². The molecule has 3 rings (SSSR count). The number of H-pyrrole nitrogens is 1. The molecule has 0 radical (unpaired) electrons. The van der Waals surface area contributed by atoms with E-state index in [0.717, 1.165) is 12.5 Å². The molecule has 0 aromatic carbocycles. The molecule has 0 spiro atoms. The second-order valence-corrected chi connectivity index (χ2v) is 5.17. The Balaban J connectivity index is 1.82. The van der Waals surface area contributed by atoms with E-state index in [1.165, 1.54) is 55.9 Å². The van der Waals surface area contributed by atoms with Crippen LogP contribution in [0.3, 0.4) is 0 Å². The average molecular weight is 219 g/mol. The van der Waals surface area contributed by atoms with Gasteiger partial charge in [0.25, 0.3) is 0 Å². The summed E-state index contributed by atoms with van der Waals surface area (Å²) >= 11 is 0. The van der Waals surface area contributed by atoms with Crippen LogP contribution in [-0.4, -0.2) is 23.1 Å². The largest absolute Gasteiger partial charge is 0.345 e. The minimum atomic E-state index is 0.622. The van der Waals surface area contributed by atoms with Crippen molar-refractivity contribution in [2.75, 3.05) is 13.1 Å². The molecule has 2 unspecified atom stereocenters. The molecule has 1 aromatic rings. The van der Waals surface area contributed by atoms with Crippen LogP contribution in [0.2, 0.25) is 0 Å². The standard InChI is InChI=1S/C13H21N3/c1-2-9-5-6-11-12(9)16-13(15-11)10-4-3-7-14-8-10/h9-10,14H,2-8H2,1H3,(H,15,16). The zero-order valence-corrected chi connectivity index (χ0v) is 10.1. The normalized spacial score (nSPS) is 29.3. The van der Waals surface area contributed by atoms with Gasteiger partial charge in [0.2, 0.25) is 0 Å². The van der Waals surface area contributed by atoms with E-state index in [2.05, 4.69) is 17.2 Å². The summed E-state index contributed by atoms with van der Waals surface area (Å²) in [6.45, 7) is 4.55. The quantitative estimate of drug-likeness (QED) is 0.801. The molecule has 1 aliphatic heterocycles. The second kappa shape index (κ2) is 4.21. The summed E-state index contributed by atoms with van der Waals surface area (Å²) in [4.78, 5) is 8.45. The summed E-state index contributed by atoms with van der Waals surface area (Å²) in [6.07, 6.45) is 6.32. The van der Waals surface area contributed by atoms with Gasteiger partial charge in [-0.25, -0.2) is 4.98 Å². The molecule has 1 aromatic heterocycles. The molecule has 0 bridgehead atoms. The van der Waals surface area contributed by atoms with Gasteiger partial charge in [-0.1, -0.05) is 6.92 Å². The number of aromatic nitrogens is 2. The van der Waals surface area contributed by atoms with Crippen LogP contribution in [0, 0.1) is 0 Å². The number of aryl methyl sites for hydroxylation is 1. The molecule has 0 amide bonds. The molecule has 1 aliphatic carbocycles. The fraction of sp³-hybridized carbons (Fsp3) is 0.769. The molecule has 1 fully saturated rings. The number of aromatic amines is 1. The highest BCUT2D eigenvalue weighted by Gasteiger charge is 2.27. The lowest BCUT2D eigenvalue weighted by Gasteiger charge is -2.20. The maximum Gasteiger partial charge on any atom is 0.110 e. The molecule has 2 N–H and O–H groups in total. The summed E-state index contributed by atoms with van der Waals surface area (Å²) in [5.74, 6) is 2.59. The average Bonchev–Trinajstić information content (AvgIpc) is 2.89. The van der Waals surface area contributed by atoms with Crippen LogP contribution in [0.15, 0.2) is 0 Å². The number of fused-ring (bicyclic) bond motifs is 1. The fourth-order valence-corrected chi connectivity index (χ4v) is 3.10. The van der Waals surface area contributed by atoms with Gasteiger partial charge in [-0.3, -0.25) is 0 Å². The predicted octanol–water partition coefficient (Wildman–Crippen LogP) is 2.32. The van der Waals surface area contributed by atoms with Gasteiger partial charge in [-0.15, -0.1) is 0 Å². The van der Waals surface area contributed by atoms with Crippen molar-refractivity contribution in [3.8, 4) is 0 Å². The summed E-state index contributed by atoms with van der Waals surface area (Å²) in [6, 6.07) is 0. The third-order valence-corrected chi connectivity index (χ3v) is 4.13. The van der Waals surface area contributed by atoms with Crippen molar-refractivity contribution < 1.29 is 0 Å². The SMILES string of the molecule is CCC1CCc2[nH]c(C3CCCNC3)nc21. The lowest BCUT2D eigenvalue weighted by Crippen LogP contribution is -2.29. The van der Waals surface area contributed by atoms with E-state index in [9.17, 15) is 0 Å². The maximum absolute atomic E-state index is 4.87. The van der Waals surface area contributed by atoms with Crippen LogP contribution < -0.4 is 5.32 Å². The fourth-order valence-electron chi connectivity index (χ4n) is 3.10. The van der Waals surface area contributed by atoms with E-state index in [4.69, 9.17) is 4.98 Å². The molecule has 1 saturated heterocycles. The van der Waals surface area contributed by atoms with Crippen molar-refractivity contribution >= 4 is 0 Å². The van der Waals surface area contributed by atoms with Crippen molar-refractivity contribution in [3.63, 3.8) is 0 Å². The Morgan fingerprint density at radius 1 is 1.38 bits per heavy atom. The Labute approximate surface area is 97.0 Å². The van der Waals surface area contributed by atoms with E-state index in [-0.39, 0.29) is 0 Å². The van der Waals surface area contributed by atoms with Crippen LogP contribution in [0.25, 0.3) is 0 Å². The Hall–Kier alpha value is -0.830. The first kappa shape index (κ1) is 10.3. The molecule has 16 heavy (non-hydrogen) atoms. The molecule has 3 nitrogen and oxygen atoms in total. The van der Waals surface area contributed by atoms with Gasteiger partial charge in [0, 0.05) is 24.1 Å². The van der Waals surface area contributed by atoms with E-state index < -0.39 is 0 Å². The Morgan fingerprint density at radius 2 is 2.31 bits per heavy atom. The first-order valence-electron chi connectivity index (χ1n) is 6.68. The van der Waals surface area contributed by atoms with Gasteiger partial charge in [0.05, 0.1) is 5.69 Å². The first-order valence-corrected chi connectivity index (χ1v) is 6.68. The molecule has 88 valence electrons. The number of nitrogens with one attached hydrogen (secondary N) is 2. The maximum atomic E-state index is 4.87. The van der Waals surface area contributed by atoms with Crippen molar-refractivity contribution in [2.24, 2.45) is 0 Å². The number of rotatable bonds is 2. The van der Waals surface area contributed by atoms with Crippen LogP contribution in [0.4, 0.5) is 0 Å². The molecule has 2 heterocycles. The van der Waals surface area contributed by atoms with Crippen molar-refractivity contribution in [1.82, 2.24) is 15.3 Å². The van der Waals surface area contributed by atoms with Crippen LogP contribution in [0.1, 0.15) is 61.7 Å². The number of imidazole rings is 1. The van der Waals surface area contributed by atoms with Crippen LogP contribution in [0.5, 0.6) is 0 Å². The monoisotopic (exact) mass is 219 g/mol. The van der Waals surface area contributed by atoms with E-state index in [0.29, 0.717) is 5.92 Å². The second-order valence-electron chi connectivity index (χ2n) is 5.17. The third kappa shape index (κ3) is 1.67. The highest BCUT2D eigenvalue weighted by molar-refractivity contribution is 5.26. The first-order chi connectivity index (χ1) is 7.88. The molecule has 2 atom stereocenters. The van der Waals surface area contributed by atoms with Crippen molar-refractivity contribution in [3.05, 3.63) is 17.2 Å². The van der Waals surface area contributed by atoms with Gasteiger partial charge in [0.15, 0.2) is 0 Å². The Morgan fingerprint density at radius 3 is 3.06 bits per heavy atom. The lowest BCUT2D eigenvalue weighted by atomic mass is 9.99. The van der Waals surface area contributed by atoms with Crippen LogP contribution in [-0.2, 0) is 6.42 Å². The topological polar surface area (TPSA) is 40.7 Å². The minimum Gasteiger partial charge on any atom is -0.345 e. The summed E-state index contributed by atoms with van der Waals surface area (Å²) < 4.78 is 0. The molecular formula is C13H21N3. The van der Waals surface area contributed by atoms with E-state index in [1.54, 1.807) is 0 Å². The van der Waals surface area contributed by atoms with Gasteiger partial charge >= 0.3 is 0 Å². The van der Waals surface area contributed by atoms with Crippen molar-refractivity contribution in [2.45, 2.75) is 50.9 Å². The predicted molar refractivity (Wildman–Crippen MR) is 64.8 cm³/mol. The summed E-state index contributed by atoms with van der Waals surface area (Å²) in [7, 11) is 0.